The maximum atomic E-state index is 12.8. The summed E-state index contributed by atoms with van der Waals surface area (Å²) in [4.78, 5) is 23.1. The molecule has 0 radical (unpaired) electrons. The summed E-state index contributed by atoms with van der Waals surface area (Å²) in [5.41, 5.74) is 1.90. The van der Waals surface area contributed by atoms with E-state index in [1.807, 2.05) is 28.8 Å². The Bertz CT molecular complexity index is 1340. The van der Waals surface area contributed by atoms with E-state index in [1.54, 1.807) is 38.3 Å². The molecule has 178 valence electrons. The van der Waals surface area contributed by atoms with Gasteiger partial charge >= 0.3 is 0 Å². The van der Waals surface area contributed by atoms with Gasteiger partial charge in [0.25, 0.3) is 5.69 Å². The lowest BCUT2D eigenvalue weighted by atomic mass is 10.2. The highest BCUT2D eigenvalue weighted by Crippen LogP contribution is 2.32. The number of benzene rings is 3. The molecule has 1 aromatic heterocycles. The predicted molar refractivity (Wildman–Crippen MR) is 132 cm³/mol. The number of carbonyl (C=O) groups excluding carboxylic acids is 1. The average Bonchev–Trinajstić information content (AvgIpc) is 3.28. The average molecular weight is 492 g/mol. The van der Waals surface area contributed by atoms with E-state index in [0.717, 1.165) is 11.3 Å². The van der Waals surface area contributed by atoms with Crippen molar-refractivity contribution in [3.8, 4) is 28.6 Å². The standard InChI is InChI=1S/C24H21N5O5S/c1-15(23(31)25-17-5-7-19(8-6-17)29(32)33)35-24-27-26-22(16-3-11-20(30)12-4-16)28(24)18-9-13-21(34-2)14-10-18/h3-15,30H,1-2H3,(H,25,31)/t15-/m1/s1. The molecule has 2 N–H and O–H groups in total. The van der Waals surface area contributed by atoms with Crippen molar-refractivity contribution in [3.63, 3.8) is 0 Å². The first-order chi connectivity index (χ1) is 16.9. The molecule has 0 aliphatic rings. The quantitative estimate of drug-likeness (QED) is 0.206. The zero-order valence-corrected chi connectivity index (χ0v) is 19.6. The molecule has 1 heterocycles. The number of thioether (sulfide) groups is 1. The van der Waals surface area contributed by atoms with Crippen LogP contribution < -0.4 is 10.1 Å². The second kappa shape index (κ2) is 10.3. The summed E-state index contributed by atoms with van der Waals surface area (Å²) in [6.45, 7) is 1.73. The number of non-ortho nitro benzene ring substituents is 1. The molecule has 10 nitrogen and oxygen atoms in total. The van der Waals surface area contributed by atoms with Crippen molar-refractivity contribution in [3.05, 3.63) is 82.9 Å². The molecule has 0 bridgehead atoms. The third-order valence-electron chi connectivity index (χ3n) is 5.09. The SMILES string of the molecule is COc1ccc(-n2c(S[C@H](C)C(=O)Nc3ccc([N+](=O)[O-])cc3)nnc2-c2ccc(O)cc2)cc1. The Kier molecular flexibility index (Phi) is 6.97. The van der Waals surface area contributed by atoms with Gasteiger partial charge in [0, 0.05) is 29.1 Å². The first-order valence-electron chi connectivity index (χ1n) is 10.5. The summed E-state index contributed by atoms with van der Waals surface area (Å²) >= 11 is 1.22. The van der Waals surface area contributed by atoms with Gasteiger partial charge in [0.2, 0.25) is 5.91 Å². The van der Waals surface area contributed by atoms with E-state index in [0.29, 0.717) is 22.4 Å². The van der Waals surface area contributed by atoms with Crippen molar-refractivity contribution in [1.82, 2.24) is 14.8 Å². The van der Waals surface area contributed by atoms with E-state index in [2.05, 4.69) is 15.5 Å². The number of aromatic nitrogens is 3. The monoisotopic (exact) mass is 491 g/mol. The molecule has 4 rings (SSSR count). The lowest BCUT2D eigenvalue weighted by molar-refractivity contribution is -0.384. The van der Waals surface area contributed by atoms with Crippen LogP contribution in [0.1, 0.15) is 6.92 Å². The molecule has 3 aromatic carbocycles. The maximum Gasteiger partial charge on any atom is 0.269 e. The fourth-order valence-electron chi connectivity index (χ4n) is 3.23. The summed E-state index contributed by atoms with van der Waals surface area (Å²) in [5, 5.41) is 31.8. The lowest BCUT2D eigenvalue weighted by Crippen LogP contribution is -2.22. The van der Waals surface area contributed by atoms with Crippen molar-refractivity contribution >= 4 is 29.0 Å². The topological polar surface area (TPSA) is 132 Å². The molecule has 0 aliphatic carbocycles. The zero-order chi connectivity index (χ0) is 24.9. The number of rotatable bonds is 8. The number of phenolic OH excluding ortho intramolecular Hbond substituents is 1. The number of phenols is 1. The highest BCUT2D eigenvalue weighted by atomic mass is 32.2. The Morgan fingerprint density at radius 1 is 1.06 bits per heavy atom. The number of hydrogen-bond donors (Lipinski definition) is 2. The van der Waals surface area contributed by atoms with Gasteiger partial charge in [0.1, 0.15) is 11.5 Å². The van der Waals surface area contributed by atoms with E-state index in [1.165, 1.54) is 36.0 Å². The Morgan fingerprint density at radius 3 is 2.31 bits per heavy atom. The minimum atomic E-state index is -0.556. The predicted octanol–water partition coefficient (Wildman–Crippen LogP) is 4.68. The van der Waals surface area contributed by atoms with Gasteiger partial charge in [-0.25, -0.2) is 0 Å². The summed E-state index contributed by atoms with van der Waals surface area (Å²) in [6, 6.07) is 19.6. The largest absolute Gasteiger partial charge is 0.508 e. The van der Waals surface area contributed by atoms with Crippen molar-refractivity contribution < 1.29 is 19.6 Å². The smallest absolute Gasteiger partial charge is 0.269 e. The van der Waals surface area contributed by atoms with Crippen LogP contribution >= 0.6 is 11.8 Å². The van der Waals surface area contributed by atoms with Crippen molar-refractivity contribution in [2.75, 3.05) is 12.4 Å². The number of nitro groups is 1. The number of ether oxygens (including phenoxy) is 1. The number of amides is 1. The van der Waals surface area contributed by atoms with Gasteiger partial charge in [-0.05, 0) is 67.6 Å². The van der Waals surface area contributed by atoms with Crippen molar-refractivity contribution in [1.29, 1.82) is 0 Å². The fourth-order valence-corrected chi connectivity index (χ4v) is 4.10. The van der Waals surface area contributed by atoms with Gasteiger partial charge in [-0.2, -0.15) is 0 Å². The molecule has 0 unspecified atom stereocenters. The minimum absolute atomic E-state index is 0.0558. The maximum absolute atomic E-state index is 12.8. The van der Waals surface area contributed by atoms with Gasteiger partial charge in [-0.15, -0.1) is 10.2 Å². The van der Waals surface area contributed by atoms with Gasteiger partial charge < -0.3 is 15.2 Å². The third kappa shape index (κ3) is 5.41. The number of hydrogen-bond acceptors (Lipinski definition) is 8. The Hall–Kier alpha value is -4.38. The molecule has 0 spiro atoms. The number of nitro benzene ring substituents is 1. The number of nitrogens with zero attached hydrogens (tertiary/aromatic N) is 4. The first kappa shape index (κ1) is 23.8. The van der Waals surface area contributed by atoms with Gasteiger partial charge in [0.05, 0.1) is 17.3 Å². The second-order valence-corrected chi connectivity index (χ2v) is 8.75. The number of aromatic hydroxyl groups is 1. The fraction of sp³-hybridized carbons (Fsp3) is 0.125. The Morgan fingerprint density at radius 2 is 1.71 bits per heavy atom. The number of carbonyl (C=O) groups is 1. The summed E-state index contributed by atoms with van der Waals surface area (Å²) in [7, 11) is 1.59. The molecule has 11 heteroatoms. The van der Waals surface area contributed by atoms with Crippen molar-refractivity contribution in [2.24, 2.45) is 0 Å². The van der Waals surface area contributed by atoms with Gasteiger partial charge in [0.15, 0.2) is 11.0 Å². The van der Waals surface area contributed by atoms with E-state index >= 15 is 0 Å². The molecule has 4 aromatic rings. The summed E-state index contributed by atoms with van der Waals surface area (Å²) in [5.74, 6) is 1.08. The molecular weight excluding hydrogens is 470 g/mol. The molecule has 1 amide bonds. The highest BCUT2D eigenvalue weighted by molar-refractivity contribution is 8.00. The number of nitrogens with one attached hydrogen (secondary N) is 1. The van der Waals surface area contributed by atoms with Gasteiger partial charge in [-0.1, -0.05) is 11.8 Å². The van der Waals surface area contributed by atoms with Crippen LogP contribution in [0.3, 0.4) is 0 Å². The normalized spacial score (nSPS) is 11.6. The molecule has 0 saturated heterocycles. The van der Waals surface area contributed by atoms with Crippen LogP contribution in [0.25, 0.3) is 17.1 Å². The first-order valence-corrected chi connectivity index (χ1v) is 11.3. The van der Waals surface area contributed by atoms with Crippen molar-refractivity contribution in [2.45, 2.75) is 17.3 Å². The molecule has 0 aliphatic heterocycles. The van der Waals surface area contributed by atoms with E-state index in [9.17, 15) is 20.0 Å². The van der Waals surface area contributed by atoms with E-state index < -0.39 is 10.2 Å². The van der Waals surface area contributed by atoms with Crippen LogP contribution in [-0.2, 0) is 4.79 Å². The van der Waals surface area contributed by atoms with Crippen LogP contribution in [0.4, 0.5) is 11.4 Å². The summed E-state index contributed by atoms with van der Waals surface area (Å²) < 4.78 is 7.08. The highest BCUT2D eigenvalue weighted by Gasteiger charge is 2.22. The van der Waals surface area contributed by atoms with Gasteiger partial charge in [-0.3, -0.25) is 19.5 Å². The van der Waals surface area contributed by atoms with E-state index in [4.69, 9.17) is 4.74 Å². The summed E-state index contributed by atoms with van der Waals surface area (Å²) in [6.07, 6.45) is 0. The minimum Gasteiger partial charge on any atom is -0.508 e. The number of methoxy groups -OCH3 is 1. The van der Waals surface area contributed by atoms with Crippen LogP contribution in [0, 0.1) is 10.1 Å². The van der Waals surface area contributed by atoms with Crippen LogP contribution in [0.2, 0.25) is 0 Å². The molecule has 0 fully saturated rings. The molecule has 35 heavy (non-hydrogen) atoms. The number of anilines is 1. The van der Waals surface area contributed by atoms with Crippen LogP contribution in [0.5, 0.6) is 11.5 Å². The zero-order valence-electron chi connectivity index (χ0n) is 18.8. The second-order valence-electron chi connectivity index (χ2n) is 7.44. The third-order valence-corrected chi connectivity index (χ3v) is 6.13. The molecular formula is C24H21N5O5S. The lowest BCUT2D eigenvalue weighted by Gasteiger charge is -2.14. The Balaban J connectivity index is 1.61. The van der Waals surface area contributed by atoms with Crippen LogP contribution in [-0.4, -0.2) is 43.1 Å². The molecule has 1 atom stereocenters. The Labute approximate surface area is 204 Å². The van der Waals surface area contributed by atoms with Crippen LogP contribution in [0.15, 0.2) is 78.0 Å². The molecule has 0 saturated carbocycles. The van der Waals surface area contributed by atoms with E-state index in [-0.39, 0.29) is 17.3 Å².